The average Bonchev–Trinajstić information content (AvgIpc) is 2.81. The summed E-state index contributed by atoms with van der Waals surface area (Å²) in [7, 11) is 0. The molecule has 1 atom stereocenters. The van der Waals surface area contributed by atoms with Gasteiger partial charge in [0.25, 0.3) is 0 Å². The molecule has 1 heterocycles. The molecular formula is C15H19N3OS. The molecule has 2 N–H and O–H groups in total. The predicted octanol–water partition coefficient (Wildman–Crippen LogP) is 3.26. The highest BCUT2D eigenvalue weighted by Crippen LogP contribution is 2.18. The van der Waals surface area contributed by atoms with Crippen LogP contribution in [-0.2, 0) is 11.3 Å². The third kappa shape index (κ3) is 4.15. The summed E-state index contributed by atoms with van der Waals surface area (Å²) in [4.78, 5) is 15.5. The topological polar surface area (TPSA) is 54.0 Å². The quantitative estimate of drug-likeness (QED) is 0.888. The molecule has 0 bridgehead atoms. The number of nitrogens with zero attached hydrogens (tertiary/aromatic N) is 1. The van der Waals surface area contributed by atoms with Crippen LogP contribution in [-0.4, -0.2) is 10.9 Å². The van der Waals surface area contributed by atoms with Crippen molar-refractivity contribution in [1.82, 2.24) is 10.3 Å². The maximum atomic E-state index is 11.1. The van der Waals surface area contributed by atoms with Crippen molar-refractivity contribution in [2.75, 3.05) is 5.32 Å². The van der Waals surface area contributed by atoms with Crippen LogP contribution in [0.25, 0.3) is 0 Å². The standard InChI is InChI=1S/C15H19N3OS/c1-10(16-8-15-9-20-12(3)18-15)13-5-4-6-14(7-13)17-11(2)19/h4-7,9-10,16H,8H2,1-3H3,(H,17,19)/t10-/m1/s1. The summed E-state index contributed by atoms with van der Waals surface area (Å²) in [5, 5.41) is 9.40. The van der Waals surface area contributed by atoms with Crippen LogP contribution in [0.1, 0.15) is 36.2 Å². The molecule has 0 saturated heterocycles. The van der Waals surface area contributed by atoms with E-state index < -0.39 is 0 Å². The van der Waals surface area contributed by atoms with Gasteiger partial charge in [0.2, 0.25) is 5.91 Å². The van der Waals surface area contributed by atoms with E-state index >= 15 is 0 Å². The van der Waals surface area contributed by atoms with Gasteiger partial charge < -0.3 is 10.6 Å². The monoisotopic (exact) mass is 289 g/mol. The molecule has 1 aromatic heterocycles. The molecule has 2 rings (SSSR count). The van der Waals surface area contributed by atoms with Gasteiger partial charge in [-0.15, -0.1) is 11.3 Å². The van der Waals surface area contributed by atoms with Crippen LogP contribution in [0.3, 0.4) is 0 Å². The highest BCUT2D eigenvalue weighted by Gasteiger charge is 2.07. The van der Waals surface area contributed by atoms with Gasteiger partial charge in [-0.05, 0) is 31.5 Å². The maximum Gasteiger partial charge on any atom is 0.221 e. The number of aryl methyl sites for hydroxylation is 1. The number of nitrogens with one attached hydrogen (secondary N) is 2. The molecule has 1 amide bonds. The highest BCUT2D eigenvalue weighted by atomic mass is 32.1. The van der Waals surface area contributed by atoms with Crippen LogP contribution in [0.4, 0.5) is 5.69 Å². The van der Waals surface area contributed by atoms with Gasteiger partial charge in [0.1, 0.15) is 0 Å². The highest BCUT2D eigenvalue weighted by molar-refractivity contribution is 7.09. The number of anilines is 1. The number of carbonyl (C=O) groups excluding carboxylic acids is 1. The second-order valence-corrected chi connectivity index (χ2v) is 5.83. The van der Waals surface area contributed by atoms with Gasteiger partial charge in [0, 0.05) is 30.6 Å². The number of rotatable bonds is 5. The lowest BCUT2D eigenvalue weighted by Gasteiger charge is -2.14. The van der Waals surface area contributed by atoms with Crippen LogP contribution in [0, 0.1) is 6.92 Å². The van der Waals surface area contributed by atoms with E-state index in [2.05, 4.69) is 34.0 Å². The second kappa shape index (κ2) is 6.63. The molecule has 5 heteroatoms. The van der Waals surface area contributed by atoms with Crippen LogP contribution in [0.15, 0.2) is 29.6 Å². The van der Waals surface area contributed by atoms with Crippen LogP contribution >= 0.6 is 11.3 Å². The second-order valence-electron chi connectivity index (χ2n) is 4.77. The summed E-state index contributed by atoms with van der Waals surface area (Å²) in [6.45, 7) is 6.37. The Bertz CT molecular complexity index is 594. The third-order valence-electron chi connectivity index (χ3n) is 2.96. The minimum Gasteiger partial charge on any atom is -0.326 e. The SMILES string of the molecule is CC(=O)Nc1cccc([C@@H](C)NCc2csc(C)n2)c1. The molecule has 0 saturated carbocycles. The molecule has 0 spiro atoms. The lowest BCUT2D eigenvalue weighted by molar-refractivity contribution is -0.114. The number of benzene rings is 1. The first-order chi connectivity index (χ1) is 9.54. The van der Waals surface area contributed by atoms with E-state index in [0.717, 1.165) is 28.5 Å². The first-order valence-electron chi connectivity index (χ1n) is 6.56. The average molecular weight is 289 g/mol. The predicted molar refractivity (Wildman–Crippen MR) is 82.9 cm³/mol. The van der Waals surface area contributed by atoms with Crippen LogP contribution in [0.5, 0.6) is 0 Å². The normalized spacial score (nSPS) is 12.2. The Morgan fingerprint density at radius 2 is 2.25 bits per heavy atom. The summed E-state index contributed by atoms with van der Waals surface area (Å²) in [6, 6.07) is 8.08. The van der Waals surface area contributed by atoms with Crippen molar-refractivity contribution in [2.24, 2.45) is 0 Å². The Morgan fingerprint density at radius 1 is 1.45 bits per heavy atom. The number of hydrogen-bond donors (Lipinski definition) is 2. The van der Waals surface area contributed by atoms with E-state index in [1.165, 1.54) is 6.92 Å². The van der Waals surface area contributed by atoms with Crippen LogP contribution in [0.2, 0.25) is 0 Å². The molecule has 0 radical (unpaired) electrons. The van der Waals surface area contributed by atoms with E-state index in [1.807, 2.05) is 25.1 Å². The van der Waals surface area contributed by atoms with Gasteiger partial charge in [0.05, 0.1) is 10.7 Å². The van der Waals surface area contributed by atoms with Crippen molar-refractivity contribution in [3.63, 3.8) is 0 Å². The van der Waals surface area contributed by atoms with Crippen molar-refractivity contribution < 1.29 is 4.79 Å². The Labute approximate surface area is 123 Å². The molecule has 20 heavy (non-hydrogen) atoms. The molecular weight excluding hydrogens is 270 g/mol. The summed E-state index contributed by atoms with van der Waals surface area (Å²) in [6.07, 6.45) is 0. The van der Waals surface area contributed by atoms with Gasteiger partial charge >= 0.3 is 0 Å². The van der Waals surface area contributed by atoms with Crippen LogP contribution < -0.4 is 10.6 Å². The number of hydrogen-bond acceptors (Lipinski definition) is 4. The zero-order chi connectivity index (χ0) is 14.5. The minimum atomic E-state index is -0.0549. The molecule has 106 valence electrons. The fourth-order valence-corrected chi connectivity index (χ4v) is 2.57. The van der Waals surface area contributed by atoms with E-state index in [1.54, 1.807) is 11.3 Å². The molecule has 1 aromatic carbocycles. The molecule has 0 aliphatic carbocycles. The van der Waals surface area contributed by atoms with Crippen molar-refractivity contribution in [3.8, 4) is 0 Å². The summed E-state index contributed by atoms with van der Waals surface area (Å²) in [5.74, 6) is -0.0549. The molecule has 2 aromatic rings. The lowest BCUT2D eigenvalue weighted by Crippen LogP contribution is -2.18. The number of thiazole rings is 1. The minimum absolute atomic E-state index is 0.0549. The molecule has 4 nitrogen and oxygen atoms in total. The summed E-state index contributed by atoms with van der Waals surface area (Å²) >= 11 is 1.66. The number of aromatic nitrogens is 1. The number of carbonyl (C=O) groups is 1. The van der Waals surface area contributed by atoms with Crippen molar-refractivity contribution in [3.05, 3.63) is 45.9 Å². The molecule has 0 unspecified atom stereocenters. The third-order valence-corrected chi connectivity index (χ3v) is 3.79. The lowest BCUT2D eigenvalue weighted by atomic mass is 10.1. The number of amides is 1. The van der Waals surface area contributed by atoms with Gasteiger partial charge in [-0.3, -0.25) is 4.79 Å². The molecule has 0 aliphatic rings. The largest absolute Gasteiger partial charge is 0.326 e. The van der Waals surface area contributed by atoms with Gasteiger partial charge in [-0.1, -0.05) is 12.1 Å². The van der Waals surface area contributed by atoms with Gasteiger partial charge in [0.15, 0.2) is 0 Å². The molecule has 0 fully saturated rings. The van der Waals surface area contributed by atoms with E-state index in [4.69, 9.17) is 0 Å². The molecule has 0 aliphatic heterocycles. The Hall–Kier alpha value is -1.72. The maximum absolute atomic E-state index is 11.1. The van der Waals surface area contributed by atoms with E-state index in [0.29, 0.717) is 0 Å². The first kappa shape index (κ1) is 14.7. The van der Waals surface area contributed by atoms with Gasteiger partial charge in [-0.25, -0.2) is 4.98 Å². The Morgan fingerprint density at radius 3 is 2.90 bits per heavy atom. The summed E-state index contributed by atoms with van der Waals surface area (Å²) in [5.41, 5.74) is 3.04. The zero-order valence-electron chi connectivity index (χ0n) is 11.9. The Balaban J connectivity index is 1.97. The fraction of sp³-hybridized carbons (Fsp3) is 0.333. The zero-order valence-corrected chi connectivity index (χ0v) is 12.8. The Kier molecular flexibility index (Phi) is 4.87. The van der Waals surface area contributed by atoms with E-state index in [-0.39, 0.29) is 11.9 Å². The van der Waals surface area contributed by atoms with Crippen molar-refractivity contribution in [1.29, 1.82) is 0 Å². The smallest absolute Gasteiger partial charge is 0.221 e. The fourth-order valence-electron chi connectivity index (χ4n) is 1.95. The van der Waals surface area contributed by atoms with Gasteiger partial charge in [-0.2, -0.15) is 0 Å². The van der Waals surface area contributed by atoms with E-state index in [9.17, 15) is 4.79 Å². The first-order valence-corrected chi connectivity index (χ1v) is 7.44. The van der Waals surface area contributed by atoms with Crippen molar-refractivity contribution in [2.45, 2.75) is 33.4 Å². The van der Waals surface area contributed by atoms with Crippen molar-refractivity contribution >= 4 is 22.9 Å². The summed E-state index contributed by atoms with van der Waals surface area (Å²) < 4.78 is 0.